The Hall–Kier alpha value is -1.98. The van der Waals surface area contributed by atoms with Gasteiger partial charge in [0.25, 0.3) is 0 Å². The van der Waals surface area contributed by atoms with Crippen LogP contribution in [-0.4, -0.2) is 24.0 Å². The van der Waals surface area contributed by atoms with E-state index in [-0.39, 0.29) is 11.9 Å². The summed E-state index contributed by atoms with van der Waals surface area (Å²) < 4.78 is 17.4. The maximum Gasteiger partial charge on any atom is 0.311 e. The number of amides is 1. The molecule has 1 N–H and O–H groups in total. The summed E-state index contributed by atoms with van der Waals surface area (Å²) in [4.78, 5) is 27.1. The van der Waals surface area contributed by atoms with Crippen LogP contribution in [0.3, 0.4) is 0 Å². The molecular formula is C13H13FN2O3. The van der Waals surface area contributed by atoms with Gasteiger partial charge in [-0.25, -0.2) is 4.98 Å². The third-order valence-corrected chi connectivity index (χ3v) is 4.12. The van der Waals surface area contributed by atoms with Crippen molar-refractivity contribution in [1.82, 2.24) is 4.98 Å². The predicted molar refractivity (Wildman–Crippen MR) is 63.6 cm³/mol. The Morgan fingerprint density at radius 2 is 2.00 bits per heavy atom. The molecule has 1 amide bonds. The Kier molecular flexibility index (Phi) is 2.39. The van der Waals surface area contributed by atoms with Crippen molar-refractivity contribution in [3.05, 3.63) is 24.3 Å². The number of rotatable bonds is 3. The van der Waals surface area contributed by atoms with E-state index >= 15 is 0 Å². The maximum atomic E-state index is 12.6. The fourth-order valence-corrected chi connectivity index (χ4v) is 3.18. The molecule has 0 saturated heterocycles. The molecular weight excluding hydrogens is 251 g/mol. The van der Waals surface area contributed by atoms with E-state index in [1.54, 1.807) is 0 Å². The van der Waals surface area contributed by atoms with Gasteiger partial charge in [-0.05, 0) is 31.4 Å². The van der Waals surface area contributed by atoms with Crippen LogP contribution in [0.15, 0.2) is 18.3 Å². The summed E-state index contributed by atoms with van der Waals surface area (Å²) in [7, 11) is 1.36. The van der Waals surface area contributed by atoms with Crippen LogP contribution in [0.5, 0.6) is 0 Å². The normalized spacial score (nSPS) is 30.8. The Labute approximate surface area is 109 Å². The topological polar surface area (TPSA) is 68.3 Å². The van der Waals surface area contributed by atoms with Crippen LogP contribution in [0.2, 0.25) is 0 Å². The molecule has 0 unspecified atom stereocenters. The first-order valence-electron chi connectivity index (χ1n) is 6.01. The molecule has 2 bridgehead atoms. The number of esters is 1. The Morgan fingerprint density at radius 1 is 1.32 bits per heavy atom. The molecule has 0 aliphatic heterocycles. The number of carbonyl (C=O) groups excluding carboxylic acids is 2. The molecule has 3 fully saturated rings. The number of methoxy groups -OCH3 is 1. The Bertz CT molecular complexity index is 536. The molecule has 0 spiro atoms. The summed E-state index contributed by atoms with van der Waals surface area (Å²) in [6.45, 7) is 0. The molecule has 1 aromatic heterocycles. The number of hydrogen-bond acceptors (Lipinski definition) is 4. The van der Waals surface area contributed by atoms with Gasteiger partial charge in [0.15, 0.2) is 0 Å². The second-order valence-corrected chi connectivity index (χ2v) is 5.41. The van der Waals surface area contributed by atoms with E-state index < -0.39 is 16.8 Å². The minimum atomic E-state index is -0.590. The SMILES string of the molecule is COC(=O)C12CC(C(=O)Nc3ccc(F)nc3)(C1)C2. The van der Waals surface area contributed by atoms with Gasteiger partial charge >= 0.3 is 5.97 Å². The summed E-state index contributed by atoms with van der Waals surface area (Å²) in [6.07, 6.45) is 2.88. The van der Waals surface area contributed by atoms with E-state index in [0.717, 1.165) is 0 Å². The van der Waals surface area contributed by atoms with Crippen molar-refractivity contribution in [2.75, 3.05) is 12.4 Å². The van der Waals surface area contributed by atoms with Gasteiger partial charge in [-0.2, -0.15) is 4.39 Å². The third kappa shape index (κ3) is 1.63. The van der Waals surface area contributed by atoms with E-state index in [2.05, 4.69) is 10.3 Å². The van der Waals surface area contributed by atoms with E-state index in [1.165, 1.54) is 25.4 Å². The minimum absolute atomic E-state index is 0.133. The van der Waals surface area contributed by atoms with Crippen LogP contribution in [0.4, 0.5) is 10.1 Å². The van der Waals surface area contributed by atoms with Gasteiger partial charge in [0.1, 0.15) is 0 Å². The lowest BCUT2D eigenvalue weighted by Gasteiger charge is -2.66. The van der Waals surface area contributed by atoms with Crippen molar-refractivity contribution < 1.29 is 18.7 Å². The van der Waals surface area contributed by atoms with Crippen LogP contribution < -0.4 is 5.32 Å². The highest BCUT2D eigenvalue weighted by Crippen LogP contribution is 2.73. The monoisotopic (exact) mass is 264 g/mol. The highest BCUT2D eigenvalue weighted by Gasteiger charge is 2.75. The smallest absolute Gasteiger partial charge is 0.311 e. The molecule has 0 aromatic carbocycles. The number of pyridine rings is 1. The average Bonchev–Trinajstić information content (AvgIpc) is 2.28. The number of anilines is 1. The minimum Gasteiger partial charge on any atom is -0.469 e. The van der Waals surface area contributed by atoms with Gasteiger partial charge in [0.05, 0.1) is 29.8 Å². The van der Waals surface area contributed by atoms with Crippen LogP contribution in [-0.2, 0) is 14.3 Å². The first-order chi connectivity index (χ1) is 9.00. The van der Waals surface area contributed by atoms with Crippen molar-refractivity contribution >= 4 is 17.6 Å². The zero-order valence-electron chi connectivity index (χ0n) is 10.4. The molecule has 6 heteroatoms. The summed E-state index contributed by atoms with van der Waals surface area (Å²) in [5.74, 6) is -0.953. The van der Waals surface area contributed by atoms with E-state index in [0.29, 0.717) is 24.9 Å². The van der Waals surface area contributed by atoms with Gasteiger partial charge in [-0.1, -0.05) is 0 Å². The van der Waals surface area contributed by atoms with E-state index in [4.69, 9.17) is 4.74 Å². The van der Waals surface area contributed by atoms with Crippen molar-refractivity contribution in [2.24, 2.45) is 10.8 Å². The second kappa shape index (κ2) is 3.76. The number of ether oxygens (including phenoxy) is 1. The highest BCUT2D eigenvalue weighted by atomic mass is 19.1. The lowest BCUT2D eigenvalue weighted by molar-refractivity contribution is -0.220. The first-order valence-corrected chi connectivity index (χ1v) is 6.01. The van der Waals surface area contributed by atoms with Gasteiger partial charge in [0.2, 0.25) is 11.9 Å². The molecule has 19 heavy (non-hydrogen) atoms. The third-order valence-electron chi connectivity index (χ3n) is 4.12. The molecule has 3 aliphatic carbocycles. The first kappa shape index (κ1) is 12.1. The van der Waals surface area contributed by atoms with Crippen molar-refractivity contribution in [3.63, 3.8) is 0 Å². The zero-order valence-corrected chi connectivity index (χ0v) is 10.4. The molecule has 1 aromatic rings. The summed E-state index contributed by atoms with van der Waals surface area (Å²) in [5, 5.41) is 2.70. The van der Waals surface area contributed by atoms with Gasteiger partial charge in [-0.3, -0.25) is 9.59 Å². The molecule has 3 saturated carbocycles. The van der Waals surface area contributed by atoms with Gasteiger partial charge in [-0.15, -0.1) is 0 Å². The fourth-order valence-electron chi connectivity index (χ4n) is 3.18. The number of nitrogens with zero attached hydrogens (tertiary/aromatic N) is 1. The van der Waals surface area contributed by atoms with Crippen molar-refractivity contribution in [1.29, 1.82) is 0 Å². The molecule has 4 rings (SSSR count). The highest BCUT2D eigenvalue weighted by molar-refractivity contribution is 6.01. The van der Waals surface area contributed by atoms with Crippen LogP contribution in [0.25, 0.3) is 0 Å². The molecule has 0 atom stereocenters. The molecule has 3 aliphatic rings. The molecule has 0 radical (unpaired) electrons. The summed E-state index contributed by atoms with van der Waals surface area (Å²) >= 11 is 0. The molecule has 5 nitrogen and oxygen atoms in total. The van der Waals surface area contributed by atoms with Crippen LogP contribution in [0.1, 0.15) is 19.3 Å². The summed E-state index contributed by atoms with van der Waals surface area (Å²) in [6, 6.07) is 2.65. The molecule has 1 heterocycles. The maximum absolute atomic E-state index is 12.6. The lowest BCUT2D eigenvalue weighted by atomic mass is 9.35. The number of halogens is 1. The van der Waals surface area contributed by atoms with Gasteiger partial charge < -0.3 is 10.1 Å². The summed E-state index contributed by atoms with van der Waals surface area (Å²) in [5.41, 5.74) is -0.432. The second-order valence-electron chi connectivity index (χ2n) is 5.41. The number of carbonyl (C=O) groups is 2. The van der Waals surface area contributed by atoms with E-state index in [9.17, 15) is 14.0 Å². The number of hydrogen-bond donors (Lipinski definition) is 1. The van der Waals surface area contributed by atoms with Crippen molar-refractivity contribution in [3.8, 4) is 0 Å². The fraction of sp³-hybridized carbons (Fsp3) is 0.462. The predicted octanol–water partition coefficient (Wildman–Crippen LogP) is 1.50. The average molecular weight is 264 g/mol. The Morgan fingerprint density at radius 3 is 2.53 bits per heavy atom. The number of aromatic nitrogens is 1. The number of nitrogens with one attached hydrogen (secondary N) is 1. The molecule has 100 valence electrons. The Balaban J connectivity index is 1.63. The van der Waals surface area contributed by atoms with Crippen LogP contribution in [0, 0.1) is 16.8 Å². The standard InChI is InChI=1S/C13H13FN2O3/c1-19-11(18)13-5-12(6-13,7-13)10(17)16-8-2-3-9(14)15-4-8/h2-4H,5-7H2,1H3,(H,16,17). The van der Waals surface area contributed by atoms with Crippen molar-refractivity contribution in [2.45, 2.75) is 19.3 Å². The van der Waals surface area contributed by atoms with Crippen LogP contribution >= 0.6 is 0 Å². The van der Waals surface area contributed by atoms with E-state index in [1.807, 2.05) is 0 Å². The zero-order chi connectivity index (χ0) is 13.7. The van der Waals surface area contributed by atoms with Gasteiger partial charge in [0, 0.05) is 0 Å². The quantitative estimate of drug-likeness (QED) is 0.663. The lowest BCUT2D eigenvalue weighted by Crippen LogP contribution is -2.69. The largest absolute Gasteiger partial charge is 0.469 e.